The summed E-state index contributed by atoms with van der Waals surface area (Å²) >= 11 is 1.28. The first-order valence-corrected chi connectivity index (χ1v) is 13.8. The van der Waals surface area contributed by atoms with Gasteiger partial charge in [-0.2, -0.15) is 0 Å². The zero-order valence-corrected chi connectivity index (χ0v) is 21.1. The number of nitrogens with zero attached hydrogens (tertiary/aromatic N) is 4. The number of carbonyl (C=O) groups excluding carboxylic acids is 2. The smallest absolute Gasteiger partial charge is 0.323 e. The van der Waals surface area contributed by atoms with Crippen molar-refractivity contribution in [3.05, 3.63) is 65.3 Å². The maximum Gasteiger partial charge on any atom is 0.323 e. The van der Waals surface area contributed by atoms with Gasteiger partial charge in [0.25, 0.3) is 0 Å². The molecule has 2 aromatic heterocycles. The maximum atomic E-state index is 12.6. The van der Waals surface area contributed by atoms with Crippen molar-refractivity contribution in [1.29, 1.82) is 0 Å². The van der Waals surface area contributed by atoms with E-state index in [0.29, 0.717) is 50.0 Å². The number of piperazine rings is 1. The Bertz CT molecular complexity index is 1290. The normalized spacial score (nSPS) is 13.9. The van der Waals surface area contributed by atoms with Crippen LogP contribution in [-0.4, -0.2) is 67.9 Å². The molecule has 11 nitrogen and oxygen atoms in total. The molecule has 1 fully saturated rings. The largest absolute Gasteiger partial charge is 0.355 e. The van der Waals surface area contributed by atoms with Crippen LogP contribution < -0.4 is 20.7 Å². The molecule has 36 heavy (non-hydrogen) atoms. The molecule has 13 heteroatoms. The van der Waals surface area contributed by atoms with Crippen LogP contribution in [0.5, 0.6) is 0 Å². The molecular weight excluding hydrogens is 502 g/mol. The zero-order valence-electron chi connectivity index (χ0n) is 19.5. The summed E-state index contributed by atoms with van der Waals surface area (Å²) in [5.74, 6) is 0.713. The van der Waals surface area contributed by atoms with Crippen LogP contribution in [0.1, 0.15) is 11.3 Å². The lowest BCUT2D eigenvalue weighted by Gasteiger charge is -2.35. The number of carbonyl (C=O) groups is 2. The predicted octanol–water partition coefficient (Wildman–Crippen LogP) is 1.44. The summed E-state index contributed by atoms with van der Waals surface area (Å²) in [6.07, 6.45) is 2.40. The number of pyridine rings is 1. The van der Waals surface area contributed by atoms with Crippen molar-refractivity contribution in [2.75, 3.05) is 42.9 Å². The third-order valence-corrected chi connectivity index (χ3v) is 7.37. The van der Waals surface area contributed by atoms with Crippen molar-refractivity contribution in [3.8, 4) is 0 Å². The number of aromatic nitrogens is 2. The van der Waals surface area contributed by atoms with E-state index in [-0.39, 0.29) is 23.3 Å². The second-order valence-corrected chi connectivity index (χ2v) is 10.6. The molecule has 0 bridgehead atoms. The number of nitrogens with two attached hydrogens (primary N) is 1. The minimum absolute atomic E-state index is 0.0495. The van der Waals surface area contributed by atoms with Crippen molar-refractivity contribution < 1.29 is 18.0 Å². The van der Waals surface area contributed by atoms with E-state index in [1.165, 1.54) is 23.5 Å². The van der Waals surface area contributed by atoms with Gasteiger partial charge in [0.2, 0.25) is 15.9 Å². The molecule has 190 valence electrons. The fourth-order valence-corrected chi connectivity index (χ4v) is 4.93. The van der Waals surface area contributed by atoms with Gasteiger partial charge in [-0.1, -0.05) is 18.2 Å². The molecule has 1 aromatic carbocycles. The van der Waals surface area contributed by atoms with Crippen LogP contribution >= 0.6 is 11.3 Å². The van der Waals surface area contributed by atoms with E-state index < -0.39 is 10.0 Å². The highest BCUT2D eigenvalue weighted by atomic mass is 32.2. The second-order valence-electron chi connectivity index (χ2n) is 8.20. The predicted molar refractivity (Wildman–Crippen MR) is 137 cm³/mol. The third-order valence-electron chi connectivity index (χ3n) is 5.64. The lowest BCUT2D eigenvalue weighted by molar-refractivity contribution is -0.120. The SMILES string of the molecule is NS(=O)(=O)c1ccc(CCNC(=O)Cc2csc(NC(=O)N3CCN(c4ccccn4)CC3)n2)cc1. The number of hydrogen-bond acceptors (Lipinski definition) is 8. The van der Waals surface area contributed by atoms with E-state index in [2.05, 4.69) is 25.5 Å². The van der Waals surface area contributed by atoms with E-state index >= 15 is 0 Å². The number of amides is 3. The highest BCUT2D eigenvalue weighted by Gasteiger charge is 2.22. The Morgan fingerprint density at radius 1 is 1.06 bits per heavy atom. The van der Waals surface area contributed by atoms with Gasteiger partial charge in [0.15, 0.2) is 5.13 Å². The van der Waals surface area contributed by atoms with Crippen LogP contribution in [0, 0.1) is 0 Å². The number of sulfonamides is 1. The number of nitrogens with one attached hydrogen (secondary N) is 2. The summed E-state index contributed by atoms with van der Waals surface area (Å²) in [6.45, 7) is 2.95. The Morgan fingerprint density at radius 3 is 2.47 bits per heavy atom. The van der Waals surface area contributed by atoms with Crippen molar-refractivity contribution in [2.45, 2.75) is 17.7 Å². The van der Waals surface area contributed by atoms with Gasteiger partial charge in [-0.15, -0.1) is 11.3 Å². The fourth-order valence-electron chi connectivity index (χ4n) is 3.71. The van der Waals surface area contributed by atoms with Crippen molar-refractivity contribution in [2.24, 2.45) is 5.14 Å². The van der Waals surface area contributed by atoms with Gasteiger partial charge in [0, 0.05) is 44.3 Å². The molecule has 4 N–H and O–H groups in total. The number of anilines is 2. The lowest BCUT2D eigenvalue weighted by atomic mass is 10.1. The summed E-state index contributed by atoms with van der Waals surface area (Å²) in [5, 5.41) is 12.9. The minimum atomic E-state index is -3.72. The average Bonchev–Trinajstić information content (AvgIpc) is 3.30. The molecule has 3 aromatic rings. The molecule has 1 aliphatic rings. The van der Waals surface area contributed by atoms with Gasteiger partial charge in [-0.05, 0) is 36.2 Å². The van der Waals surface area contributed by atoms with Crippen LogP contribution in [0.3, 0.4) is 0 Å². The average molecular weight is 530 g/mol. The molecule has 1 aliphatic heterocycles. The summed E-state index contributed by atoms with van der Waals surface area (Å²) in [6, 6.07) is 11.8. The summed E-state index contributed by atoms with van der Waals surface area (Å²) in [7, 11) is -3.72. The summed E-state index contributed by atoms with van der Waals surface area (Å²) < 4.78 is 22.6. The van der Waals surface area contributed by atoms with Crippen LogP contribution in [0.2, 0.25) is 0 Å². The molecule has 4 rings (SSSR count). The first-order valence-electron chi connectivity index (χ1n) is 11.3. The maximum absolute atomic E-state index is 12.6. The Hall–Kier alpha value is -3.55. The fraction of sp³-hybridized carbons (Fsp3) is 0.304. The van der Waals surface area contributed by atoms with Crippen LogP contribution in [0.15, 0.2) is 58.9 Å². The topological polar surface area (TPSA) is 151 Å². The zero-order chi connectivity index (χ0) is 25.5. The number of benzene rings is 1. The van der Waals surface area contributed by atoms with Crippen molar-refractivity contribution >= 4 is 44.2 Å². The Balaban J connectivity index is 1.18. The third kappa shape index (κ3) is 6.99. The molecule has 0 radical (unpaired) electrons. The first-order chi connectivity index (χ1) is 17.3. The molecular formula is C23H27N7O4S2. The molecule has 0 spiro atoms. The van der Waals surface area contributed by atoms with Gasteiger partial charge in [-0.25, -0.2) is 28.3 Å². The van der Waals surface area contributed by atoms with E-state index in [1.807, 2.05) is 18.2 Å². The second kappa shape index (κ2) is 11.5. The molecule has 0 atom stereocenters. The molecule has 1 saturated heterocycles. The minimum Gasteiger partial charge on any atom is -0.355 e. The van der Waals surface area contributed by atoms with E-state index in [0.717, 1.165) is 11.4 Å². The van der Waals surface area contributed by atoms with Crippen LogP contribution in [0.4, 0.5) is 15.7 Å². The monoisotopic (exact) mass is 529 g/mol. The van der Waals surface area contributed by atoms with Gasteiger partial charge in [-0.3, -0.25) is 10.1 Å². The molecule has 0 unspecified atom stereocenters. The van der Waals surface area contributed by atoms with Crippen LogP contribution in [0.25, 0.3) is 0 Å². The van der Waals surface area contributed by atoms with Gasteiger partial charge in [0.05, 0.1) is 17.0 Å². The van der Waals surface area contributed by atoms with E-state index in [4.69, 9.17) is 5.14 Å². The number of hydrogen-bond donors (Lipinski definition) is 3. The Labute approximate surface area is 213 Å². The van der Waals surface area contributed by atoms with Crippen LogP contribution in [-0.2, 0) is 27.7 Å². The van der Waals surface area contributed by atoms with E-state index in [9.17, 15) is 18.0 Å². The van der Waals surface area contributed by atoms with Crippen molar-refractivity contribution in [3.63, 3.8) is 0 Å². The quantitative estimate of drug-likeness (QED) is 0.399. The van der Waals surface area contributed by atoms with E-state index in [1.54, 1.807) is 28.6 Å². The number of urea groups is 1. The lowest BCUT2D eigenvalue weighted by Crippen LogP contribution is -2.50. The summed E-state index contributed by atoms with van der Waals surface area (Å²) in [5.41, 5.74) is 1.45. The molecule has 3 heterocycles. The number of primary sulfonamides is 1. The van der Waals surface area contributed by atoms with Gasteiger partial charge < -0.3 is 15.1 Å². The van der Waals surface area contributed by atoms with Gasteiger partial charge in [0.1, 0.15) is 5.82 Å². The summed E-state index contributed by atoms with van der Waals surface area (Å²) in [4.78, 5) is 37.5. The Kier molecular flexibility index (Phi) is 8.13. The number of thiazole rings is 1. The van der Waals surface area contributed by atoms with Crippen molar-refractivity contribution in [1.82, 2.24) is 20.2 Å². The first kappa shape index (κ1) is 25.5. The molecule has 3 amide bonds. The highest BCUT2D eigenvalue weighted by molar-refractivity contribution is 7.89. The number of rotatable bonds is 8. The van der Waals surface area contributed by atoms with Gasteiger partial charge >= 0.3 is 6.03 Å². The standard InChI is InChI=1S/C23H27N7O4S2/c24-36(33,34)19-6-4-17(5-7-19)8-10-26-21(31)15-18-16-35-22(27-18)28-23(32)30-13-11-29(12-14-30)20-3-1-2-9-25-20/h1-7,9,16H,8,10-15H2,(H,26,31)(H2,24,33,34)(H,27,28,32). The molecule has 0 saturated carbocycles. The Morgan fingerprint density at radius 2 is 1.81 bits per heavy atom. The highest BCUT2D eigenvalue weighted by Crippen LogP contribution is 2.18. The molecule has 0 aliphatic carbocycles.